The first-order chi connectivity index (χ1) is 12.6. The number of hydrogen-bond acceptors (Lipinski definition) is 3. The van der Waals surface area contributed by atoms with Crippen molar-refractivity contribution >= 4 is 17.1 Å². The number of rotatable bonds is 4. The monoisotopic (exact) mass is 354 g/mol. The molecule has 0 aliphatic heterocycles. The van der Waals surface area contributed by atoms with Gasteiger partial charge in [0.2, 0.25) is 5.91 Å². The second kappa shape index (κ2) is 6.74. The first-order valence-electron chi connectivity index (χ1n) is 8.77. The number of hydrogen-bond donors (Lipinski definition) is 1. The third-order valence-corrected chi connectivity index (χ3v) is 4.72. The maximum atomic E-state index is 13.2. The van der Waals surface area contributed by atoms with E-state index in [9.17, 15) is 14.0 Å². The zero-order valence-electron chi connectivity index (χ0n) is 14.2. The molecule has 2 heterocycles. The van der Waals surface area contributed by atoms with Crippen LogP contribution in [0.2, 0.25) is 0 Å². The summed E-state index contributed by atoms with van der Waals surface area (Å²) >= 11 is 0. The number of carbonyl (C=O) groups is 1. The molecule has 26 heavy (non-hydrogen) atoms. The normalized spacial score (nSPS) is 13.6. The summed E-state index contributed by atoms with van der Waals surface area (Å²) in [4.78, 5) is 24.9. The van der Waals surface area contributed by atoms with E-state index >= 15 is 0 Å². The van der Waals surface area contributed by atoms with Gasteiger partial charge in [0.25, 0.3) is 5.56 Å². The first-order valence-corrected chi connectivity index (χ1v) is 8.77. The predicted molar refractivity (Wildman–Crippen MR) is 95.7 cm³/mol. The summed E-state index contributed by atoms with van der Waals surface area (Å²) in [6.07, 6.45) is 7.50. The molecule has 0 unspecified atom stereocenters. The van der Waals surface area contributed by atoms with E-state index in [1.165, 1.54) is 22.8 Å². The molecule has 7 heteroatoms. The van der Waals surface area contributed by atoms with Gasteiger partial charge in [0.05, 0.1) is 5.69 Å². The summed E-state index contributed by atoms with van der Waals surface area (Å²) in [6.45, 7) is 0.260. The van der Waals surface area contributed by atoms with Crippen LogP contribution < -0.4 is 10.9 Å². The molecule has 0 saturated heterocycles. The minimum Gasteiger partial charge on any atom is -0.326 e. The van der Waals surface area contributed by atoms with Gasteiger partial charge in [-0.15, -0.1) is 0 Å². The third-order valence-electron chi connectivity index (χ3n) is 4.72. The molecule has 0 bridgehead atoms. The van der Waals surface area contributed by atoms with E-state index in [4.69, 9.17) is 0 Å². The van der Waals surface area contributed by atoms with E-state index in [0.29, 0.717) is 11.2 Å². The van der Waals surface area contributed by atoms with E-state index in [1.54, 1.807) is 23.0 Å². The van der Waals surface area contributed by atoms with Gasteiger partial charge in [0.15, 0.2) is 0 Å². The molecule has 1 N–H and O–H groups in total. The van der Waals surface area contributed by atoms with Crippen molar-refractivity contribution in [2.75, 3.05) is 5.32 Å². The van der Waals surface area contributed by atoms with Gasteiger partial charge in [0.1, 0.15) is 11.3 Å². The molecule has 0 radical (unpaired) electrons. The van der Waals surface area contributed by atoms with E-state index in [1.807, 2.05) is 0 Å². The number of aromatic nitrogens is 3. The maximum Gasteiger partial charge on any atom is 0.276 e. The standard InChI is InChI=1S/C19H19FN4O2/c20-13-4-3-5-14(12-13)21-17(25)8-9-23-10-11-24-18(19(23)26)15-6-1-2-7-16(15)22-24/h3-5,10-12H,1-2,6-9H2,(H,21,25). The highest BCUT2D eigenvalue weighted by Gasteiger charge is 2.19. The smallest absolute Gasteiger partial charge is 0.276 e. The largest absolute Gasteiger partial charge is 0.326 e. The van der Waals surface area contributed by atoms with Gasteiger partial charge < -0.3 is 9.88 Å². The number of aryl methyl sites for hydroxylation is 3. The molecule has 0 spiro atoms. The highest BCUT2D eigenvalue weighted by Crippen LogP contribution is 2.22. The molecule has 6 nitrogen and oxygen atoms in total. The molecule has 4 rings (SSSR count). The highest BCUT2D eigenvalue weighted by molar-refractivity contribution is 5.90. The quantitative estimate of drug-likeness (QED) is 0.783. The van der Waals surface area contributed by atoms with Gasteiger partial charge in [-0.05, 0) is 43.9 Å². The molecule has 2 aromatic heterocycles. The van der Waals surface area contributed by atoms with Gasteiger partial charge in [-0.25, -0.2) is 8.91 Å². The lowest BCUT2D eigenvalue weighted by Gasteiger charge is -2.10. The van der Waals surface area contributed by atoms with Gasteiger partial charge in [0, 0.05) is 36.6 Å². The van der Waals surface area contributed by atoms with Crippen molar-refractivity contribution in [1.29, 1.82) is 0 Å². The first kappa shape index (κ1) is 16.5. The molecule has 1 aromatic carbocycles. The van der Waals surface area contributed by atoms with Crippen LogP contribution in [0.1, 0.15) is 30.5 Å². The predicted octanol–water partition coefficient (Wildman–Crippen LogP) is 2.54. The molecule has 3 aromatic rings. The summed E-state index contributed by atoms with van der Waals surface area (Å²) in [5.41, 5.74) is 2.95. The zero-order valence-corrected chi connectivity index (χ0v) is 14.2. The van der Waals surface area contributed by atoms with Crippen LogP contribution in [0.3, 0.4) is 0 Å². The Hall–Kier alpha value is -2.96. The molecular weight excluding hydrogens is 335 g/mol. The van der Waals surface area contributed by atoms with Crippen molar-refractivity contribution in [3.63, 3.8) is 0 Å². The zero-order chi connectivity index (χ0) is 18.1. The van der Waals surface area contributed by atoms with Crippen LogP contribution in [-0.2, 0) is 24.2 Å². The molecular formula is C19H19FN4O2. The maximum absolute atomic E-state index is 13.2. The Balaban J connectivity index is 1.51. The second-order valence-electron chi connectivity index (χ2n) is 6.53. The van der Waals surface area contributed by atoms with Crippen LogP contribution >= 0.6 is 0 Å². The number of amides is 1. The Bertz CT molecular complexity index is 1040. The Kier molecular flexibility index (Phi) is 4.28. The summed E-state index contributed by atoms with van der Waals surface area (Å²) in [5.74, 6) is -0.673. The average Bonchev–Trinajstić information content (AvgIpc) is 3.00. The molecule has 0 fully saturated rings. The Morgan fingerprint density at radius 1 is 1.23 bits per heavy atom. The van der Waals surface area contributed by atoms with Crippen molar-refractivity contribution in [3.05, 3.63) is 64.1 Å². The molecule has 1 aliphatic rings. The van der Waals surface area contributed by atoms with Crippen LogP contribution in [0.4, 0.5) is 10.1 Å². The fraction of sp³-hybridized carbons (Fsp3) is 0.316. The Labute approximate surface area is 149 Å². The molecule has 0 atom stereocenters. The Morgan fingerprint density at radius 3 is 2.92 bits per heavy atom. The third kappa shape index (κ3) is 3.12. The van der Waals surface area contributed by atoms with Crippen molar-refractivity contribution in [1.82, 2.24) is 14.2 Å². The number of carbonyl (C=O) groups excluding carboxylic acids is 1. The molecule has 1 aliphatic carbocycles. The number of nitrogens with zero attached hydrogens (tertiary/aromatic N) is 3. The summed E-state index contributed by atoms with van der Waals surface area (Å²) in [5, 5.41) is 7.15. The van der Waals surface area contributed by atoms with Crippen LogP contribution in [0.5, 0.6) is 0 Å². The second-order valence-corrected chi connectivity index (χ2v) is 6.53. The van der Waals surface area contributed by atoms with Crippen molar-refractivity contribution in [3.8, 4) is 0 Å². The van der Waals surface area contributed by atoms with Crippen molar-refractivity contribution in [2.45, 2.75) is 38.6 Å². The van der Waals surface area contributed by atoms with E-state index in [2.05, 4.69) is 10.4 Å². The van der Waals surface area contributed by atoms with E-state index < -0.39 is 5.82 Å². The SMILES string of the molecule is O=C(CCn1ccn2nc3c(c2c1=O)CCCC3)Nc1cccc(F)c1. The minimum absolute atomic E-state index is 0.123. The topological polar surface area (TPSA) is 68.4 Å². The van der Waals surface area contributed by atoms with E-state index in [0.717, 1.165) is 36.9 Å². The lowest BCUT2D eigenvalue weighted by Crippen LogP contribution is -2.24. The molecule has 1 amide bonds. The summed E-state index contributed by atoms with van der Waals surface area (Å²) in [7, 11) is 0. The molecule has 0 saturated carbocycles. The van der Waals surface area contributed by atoms with Crippen LogP contribution in [0.25, 0.3) is 5.52 Å². The van der Waals surface area contributed by atoms with Gasteiger partial charge >= 0.3 is 0 Å². The van der Waals surface area contributed by atoms with Gasteiger partial charge in [-0.2, -0.15) is 5.10 Å². The lowest BCUT2D eigenvalue weighted by molar-refractivity contribution is -0.116. The van der Waals surface area contributed by atoms with Crippen molar-refractivity contribution < 1.29 is 9.18 Å². The lowest BCUT2D eigenvalue weighted by atomic mass is 9.97. The summed E-state index contributed by atoms with van der Waals surface area (Å²) < 4.78 is 16.4. The average molecular weight is 354 g/mol. The van der Waals surface area contributed by atoms with E-state index in [-0.39, 0.29) is 24.4 Å². The summed E-state index contributed by atoms with van der Waals surface area (Å²) in [6, 6.07) is 5.73. The van der Waals surface area contributed by atoms with Gasteiger partial charge in [-0.3, -0.25) is 9.59 Å². The Morgan fingerprint density at radius 2 is 2.08 bits per heavy atom. The van der Waals surface area contributed by atoms with Crippen LogP contribution in [0, 0.1) is 5.82 Å². The van der Waals surface area contributed by atoms with Crippen LogP contribution in [0.15, 0.2) is 41.5 Å². The number of nitrogens with one attached hydrogen (secondary N) is 1. The molecule has 134 valence electrons. The number of anilines is 1. The number of benzene rings is 1. The minimum atomic E-state index is -0.407. The van der Waals surface area contributed by atoms with Crippen molar-refractivity contribution in [2.24, 2.45) is 0 Å². The number of halogens is 1. The fourth-order valence-corrected chi connectivity index (χ4v) is 3.44. The van der Waals surface area contributed by atoms with Crippen LogP contribution in [-0.4, -0.2) is 20.1 Å². The highest BCUT2D eigenvalue weighted by atomic mass is 19.1. The number of fused-ring (bicyclic) bond motifs is 3. The van der Waals surface area contributed by atoms with Gasteiger partial charge in [-0.1, -0.05) is 6.07 Å². The fourth-order valence-electron chi connectivity index (χ4n) is 3.44.